The van der Waals surface area contributed by atoms with E-state index in [1.165, 1.54) is 38.2 Å². The Kier molecular flexibility index (Phi) is 6.13. The highest BCUT2D eigenvalue weighted by atomic mass is 16.3. The molecule has 0 fully saturated rings. The summed E-state index contributed by atoms with van der Waals surface area (Å²) in [5.41, 5.74) is 8.30. The molecular weight excluding hydrogens is 635 g/mol. The second-order valence-electron chi connectivity index (χ2n) is 13.5. The van der Waals surface area contributed by atoms with Crippen molar-refractivity contribution in [3.8, 4) is 33.9 Å². The van der Waals surface area contributed by atoms with Gasteiger partial charge in [0.2, 0.25) is 0 Å². The second kappa shape index (κ2) is 11.0. The highest BCUT2D eigenvalue weighted by Gasteiger charge is 2.50. The first-order valence-electron chi connectivity index (χ1n) is 17.6. The summed E-state index contributed by atoms with van der Waals surface area (Å²) in [6.07, 6.45) is 0. The van der Waals surface area contributed by atoms with Gasteiger partial charge in [-0.15, -0.1) is 0 Å². The summed E-state index contributed by atoms with van der Waals surface area (Å²) in [5.74, 6) is 1.85. The molecule has 2 heterocycles. The largest absolute Gasteiger partial charge is 0.455 e. The van der Waals surface area contributed by atoms with Crippen molar-refractivity contribution >= 4 is 43.5 Å². The van der Waals surface area contributed by atoms with Crippen LogP contribution in [0.4, 0.5) is 0 Å². The molecule has 0 saturated heterocycles. The lowest BCUT2D eigenvalue weighted by atomic mass is 9.70. The summed E-state index contributed by atoms with van der Waals surface area (Å²) in [5, 5.41) is 6.92. The van der Waals surface area contributed by atoms with Crippen molar-refractivity contribution in [2.45, 2.75) is 5.41 Å². The molecule has 11 rings (SSSR count). The van der Waals surface area contributed by atoms with Crippen LogP contribution in [0.15, 0.2) is 180 Å². The zero-order valence-corrected chi connectivity index (χ0v) is 28.0. The molecule has 8 aromatic carbocycles. The van der Waals surface area contributed by atoms with E-state index in [4.69, 9.17) is 19.4 Å². The molecule has 0 saturated carbocycles. The molecule has 0 bridgehead atoms. The minimum absolute atomic E-state index is 0.569. The lowest BCUT2D eigenvalue weighted by molar-refractivity contribution is 0.668. The maximum Gasteiger partial charge on any atom is 0.167 e. The number of benzene rings is 8. The molecule has 1 aliphatic carbocycles. The Morgan fingerprint density at radius 2 is 0.981 bits per heavy atom. The third kappa shape index (κ3) is 3.95. The third-order valence-electron chi connectivity index (χ3n) is 10.8. The molecule has 242 valence electrons. The Hall–Kier alpha value is -6.91. The van der Waals surface area contributed by atoms with Crippen molar-refractivity contribution in [3.63, 3.8) is 0 Å². The van der Waals surface area contributed by atoms with Crippen molar-refractivity contribution in [3.05, 3.63) is 198 Å². The van der Waals surface area contributed by atoms with E-state index in [0.29, 0.717) is 17.5 Å². The van der Waals surface area contributed by atoms with E-state index in [1.54, 1.807) is 0 Å². The van der Waals surface area contributed by atoms with Crippen LogP contribution >= 0.6 is 0 Å². The van der Waals surface area contributed by atoms with Gasteiger partial charge in [0.15, 0.2) is 17.5 Å². The molecular formula is C48H29N3O. The summed E-state index contributed by atoms with van der Waals surface area (Å²) < 4.78 is 6.58. The van der Waals surface area contributed by atoms with Crippen LogP contribution in [-0.2, 0) is 5.41 Å². The van der Waals surface area contributed by atoms with E-state index in [-0.39, 0.29) is 0 Å². The average molecular weight is 664 g/mol. The van der Waals surface area contributed by atoms with E-state index in [1.807, 2.05) is 36.4 Å². The van der Waals surface area contributed by atoms with Gasteiger partial charge in [-0.05, 0) is 61.5 Å². The van der Waals surface area contributed by atoms with E-state index in [9.17, 15) is 0 Å². The topological polar surface area (TPSA) is 51.8 Å². The number of nitrogens with zero attached hydrogens (tertiary/aromatic N) is 3. The normalized spacial score (nSPS) is 15.0. The molecule has 0 amide bonds. The van der Waals surface area contributed by atoms with E-state index in [2.05, 4.69) is 140 Å². The molecule has 0 N–H and O–H groups in total. The number of para-hydroxylation sites is 2. The summed E-state index contributed by atoms with van der Waals surface area (Å²) >= 11 is 0. The smallest absolute Gasteiger partial charge is 0.167 e. The summed E-state index contributed by atoms with van der Waals surface area (Å²) in [6, 6.07) is 61.8. The van der Waals surface area contributed by atoms with Crippen LogP contribution in [0.1, 0.15) is 22.5 Å². The molecule has 4 heteroatoms. The highest BCUT2D eigenvalue weighted by molar-refractivity contribution is 6.19. The molecule has 1 atom stereocenters. The number of aromatic nitrogens is 3. The Labute approximate surface area is 299 Å². The molecule has 1 aliphatic rings. The van der Waals surface area contributed by atoms with Gasteiger partial charge >= 0.3 is 0 Å². The van der Waals surface area contributed by atoms with Crippen LogP contribution in [0.2, 0.25) is 0 Å². The molecule has 0 radical (unpaired) electrons. The van der Waals surface area contributed by atoms with Crippen molar-refractivity contribution in [2.75, 3.05) is 0 Å². The fraction of sp³-hybridized carbons (Fsp3) is 0.0208. The van der Waals surface area contributed by atoms with Gasteiger partial charge in [0.1, 0.15) is 16.6 Å². The molecule has 0 aliphatic heterocycles. The standard InChI is InChI=1S/C48H29N3O/c1-3-16-30(17-4-1)45-49-46(39-27-15-26-37-34-22-12-14-29-41(34)52-44(37)39)51-47(50-45)48(31-18-5-2-6-19-31)40-28-13-11-25-38(40)42-35-23-9-7-20-32(35)33-21-8-10-24-36(33)43(42)48/h1-29H. The van der Waals surface area contributed by atoms with Crippen molar-refractivity contribution in [2.24, 2.45) is 0 Å². The van der Waals surface area contributed by atoms with Gasteiger partial charge in [-0.3, -0.25) is 0 Å². The predicted molar refractivity (Wildman–Crippen MR) is 210 cm³/mol. The van der Waals surface area contributed by atoms with Crippen molar-refractivity contribution in [1.82, 2.24) is 15.0 Å². The van der Waals surface area contributed by atoms with Gasteiger partial charge in [-0.25, -0.2) is 15.0 Å². The zero-order valence-electron chi connectivity index (χ0n) is 28.0. The summed E-state index contributed by atoms with van der Waals surface area (Å²) in [6.45, 7) is 0. The van der Waals surface area contributed by atoms with Gasteiger partial charge in [0.25, 0.3) is 0 Å². The number of hydrogen-bond donors (Lipinski definition) is 0. The molecule has 52 heavy (non-hydrogen) atoms. The Morgan fingerprint density at radius 1 is 0.404 bits per heavy atom. The van der Waals surface area contributed by atoms with Crippen LogP contribution in [0.3, 0.4) is 0 Å². The van der Waals surface area contributed by atoms with Gasteiger partial charge in [0, 0.05) is 16.3 Å². The van der Waals surface area contributed by atoms with Gasteiger partial charge in [0.05, 0.1) is 5.56 Å². The number of rotatable bonds is 4. The monoisotopic (exact) mass is 663 g/mol. The van der Waals surface area contributed by atoms with E-state index < -0.39 is 5.41 Å². The van der Waals surface area contributed by atoms with Crippen LogP contribution < -0.4 is 0 Å². The van der Waals surface area contributed by atoms with Crippen LogP contribution in [0.5, 0.6) is 0 Å². The molecule has 1 unspecified atom stereocenters. The average Bonchev–Trinajstić information content (AvgIpc) is 3.76. The maximum absolute atomic E-state index is 6.58. The van der Waals surface area contributed by atoms with E-state index in [0.717, 1.165) is 44.2 Å². The van der Waals surface area contributed by atoms with Crippen LogP contribution in [0.25, 0.3) is 77.4 Å². The Bertz CT molecular complexity index is 3020. The maximum atomic E-state index is 6.58. The third-order valence-corrected chi connectivity index (χ3v) is 10.8. The lowest BCUT2D eigenvalue weighted by Crippen LogP contribution is -2.32. The number of fused-ring (bicyclic) bond motifs is 11. The van der Waals surface area contributed by atoms with E-state index >= 15 is 0 Å². The van der Waals surface area contributed by atoms with Crippen molar-refractivity contribution < 1.29 is 4.42 Å². The quantitative estimate of drug-likeness (QED) is 0.176. The number of hydrogen-bond acceptors (Lipinski definition) is 4. The fourth-order valence-electron chi connectivity index (χ4n) is 8.63. The first kappa shape index (κ1) is 28.9. The molecule has 0 spiro atoms. The lowest BCUT2D eigenvalue weighted by Gasteiger charge is -2.33. The highest BCUT2D eigenvalue weighted by Crippen LogP contribution is 2.59. The summed E-state index contributed by atoms with van der Waals surface area (Å²) in [4.78, 5) is 16.3. The van der Waals surface area contributed by atoms with Crippen LogP contribution in [-0.4, -0.2) is 15.0 Å². The van der Waals surface area contributed by atoms with Crippen LogP contribution in [0, 0.1) is 0 Å². The van der Waals surface area contributed by atoms with Gasteiger partial charge in [-0.2, -0.15) is 0 Å². The first-order chi connectivity index (χ1) is 25.8. The van der Waals surface area contributed by atoms with Gasteiger partial charge in [-0.1, -0.05) is 164 Å². The molecule has 2 aromatic heterocycles. The Morgan fingerprint density at radius 3 is 1.79 bits per heavy atom. The minimum atomic E-state index is -0.875. The fourth-order valence-corrected chi connectivity index (χ4v) is 8.63. The summed E-state index contributed by atoms with van der Waals surface area (Å²) in [7, 11) is 0. The minimum Gasteiger partial charge on any atom is -0.455 e. The second-order valence-corrected chi connectivity index (χ2v) is 13.5. The predicted octanol–water partition coefficient (Wildman–Crippen LogP) is 11.8. The Balaban J connectivity index is 1.34. The van der Waals surface area contributed by atoms with Gasteiger partial charge < -0.3 is 4.42 Å². The first-order valence-corrected chi connectivity index (χ1v) is 17.6. The molecule has 10 aromatic rings. The molecule has 4 nitrogen and oxygen atoms in total. The zero-order chi connectivity index (χ0) is 34.2. The number of furan rings is 1. The van der Waals surface area contributed by atoms with Crippen molar-refractivity contribution in [1.29, 1.82) is 0 Å². The SMILES string of the molecule is c1ccc(-c2nc(-c3cccc4c3oc3ccccc34)nc(C3(c4ccccc4)c4ccccc4-c4c3c3ccccc3c3ccccc43)n2)cc1.